The molecule has 0 radical (unpaired) electrons. The standard InChI is InChI=1S/C47H87NO5/c1-3-5-7-9-11-13-15-16-17-21-25-29-33-37-41-47(52)53-42-38-34-30-26-22-18-20-24-28-32-36-40-46(51)48-44(43-49)45(50)39-35-31-27-23-19-14-12-10-8-6-4-2/h15-16,22,26,35,39,44-45,49-50H,3-14,17-21,23-25,27-34,36-38,40-43H2,1-2H3,(H,48,51)/b16-15-,26-22-,39-35+. The first-order valence-corrected chi connectivity index (χ1v) is 22.8. The molecule has 53 heavy (non-hydrogen) atoms. The largest absolute Gasteiger partial charge is 0.466 e. The Morgan fingerprint density at radius 3 is 1.34 bits per heavy atom. The van der Waals surface area contributed by atoms with E-state index in [1.165, 1.54) is 116 Å². The van der Waals surface area contributed by atoms with Crippen molar-refractivity contribution >= 4 is 11.9 Å². The molecule has 0 fully saturated rings. The van der Waals surface area contributed by atoms with E-state index >= 15 is 0 Å². The number of hydrogen-bond donors (Lipinski definition) is 3. The van der Waals surface area contributed by atoms with Crippen LogP contribution in [0.2, 0.25) is 0 Å². The number of nitrogens with one attached hydrogen (secondary N) is 1. The summed E-state index contributed by atoms with van der Waals surface area (Å²) in [5.41, 5.74) is 0. The summed E-state index contributed by atoms with van der Waals surface area (Å²) in [6.45, 7) is 4.78. The monoisotopic (exact) mass is 746 g/mol. The van der Waals surface area contributed by atoms with E-state index < -0.39 is 12.1 Å². The normalized spacial score (nSPS) is 13.1. The Morgan fingerprint density at radius 1 is 0.509 bits per heavy atom. The fraction of sp³-hybridized carbons (Fsp3) is 0.830. The van der Waals surface area contributed by atoms with Crippen LogP contribution < -0.4 is 5.32 Å². The molecular weight excluding hydrogens is 659 g/mol. The highest BCUT2D eigenvalue weighted by atomic mass is 16.5. The minimum atomic E-state index is -0.861. The SMILES string of the molecule is CCCCCCC/C=C\CCCCCCCC(=O)OCCCC/C=C\CCCCCCCC(=O)NC(CO)C(O)/C=C/CCCCCCCCCCC. The molecule has 0 aliphatic heterocycles. The molecular formula is C47H87NO5. The summed E-state index contributed by atoms with van der Waals surface area (Å²) in [6, 6.07) is -0.647. The summed E-state index contributed by atoms with van der Waals surface area (Å²) in [5.74, 6) is -0.144. The molecule has 0 spiro atoms. The van der Waals surface area contributed by atoms with Gasteiger partial charge in [-0.2, -0.15) is 0 Å². The topological polar surface area (TPSA) is 95.9 Å². The molecule has 0 aromatic carbocycles. The molecule has 6 nitrogen and oxygen atoms in total. The van der Waals surface area contributed by atoms with E-state index in [0.717, 1.165) is 83.5 Å². The quantitative estimate of drug-likeness (QED) is 0.0329. The summed E-state index contributed by atoms with van der Waals surface area (Å²) in [7, 11) is 0. The zero-order chi connectivity index (χ0) is 38.7. The Kier molecular flexibility index (Phi) is 41.3. The van der Waals surface area contributed by atoms with Crippen LogP contribution in [0.1, 0.15) is 226 Å². The smallest absolute Gasteiger partial charge is 0.305 e. The Morgan fingerprint density at radius 2 is 0.887 bits per heavy atom. The predicted molar refractivity (Wildman–Crippen MR) is 227 cm³/mol. The van der Waals surface area contributed by atoms with Crippen molar-refractivity contribution in [3.05, 3.63) is 36.5 Å². The number of rotatable bonds is 41. The average molecular weight is 746 g/mol. The van der Waals surface area contributed by atoms with Crippen molar-refractivity contribution in [3.63, 3.8) is 0 Å². The molecule has 3 N–H and O–H groups in total. The van der Waals surface area contributed by atoms with E-state index in [9.17, 15) is 19.8 Å². The summed E-state index contributed by atoms with van der Waals surface area (Å²) >= 11 is 0. The van der Waals surface area contributed by atoms with Crippen LogP contribution >= 0.6 is 0 Å². The number of aliphatic hydroxyl groups excluding tert-OH is 2. The molecule has 1 amide bonds. The van der Waals surface area contributed by atoms with Crippen molar-refractivity contribution in [2.75, 3.05) is 13.2 Å². The Balaban J connectivity index is 3.57. The number of unbranched alkanes of at least 4 members (excludes halogenated alkanes) is 26. The average Bonchev–Trinajstić information content (AvgIpc) is 3.16. The van der Waals surface area contributed by atoms with Gasteiger partial charge in [-0.05, 0) is 83.5 Å². The molecule has 2 atom stereocenters. The molecule has 0 saturated heterocycles. The summed E-state index contributed by atoms with van der Waals surface area (Å²) in [6.07, 6.45) is 49.9. The molecule has 0 rings (SSSR count). The number of carbonyl (C=O) groups excluding carboxylic acids is 2. The third-order valence-electron chi connectivity index (χ3n) is 10.1. The molecule has 2 unspecified atom stereocenters. The predicted octanol–water partition coefficient (Wildman–Crippen LogP) is 12.9. The van der Waals surface area contributed by atoms with Gasteiger partial charge in [-0.25, -0.2) is 0 Å². The summed E-state index contributed by atoms with van der Waals surface area (Å²) < 4.78 is 5.41. The summed E-state index contributed by atoms with van der Waals surface area (Å²) in [5, 5.41) is 22.9. The fourth-order valence-corrected chi connectivity index (χ4v) is 6.56. The van der Waals surface area contributed by atoms with Gasteiger partial charge in [0, 0.05) is 12.8 Å². The van der Waals surface area contributed by atoms with Crippen LogP contribution in [0.15, 0.2) is 36.5 Å². The molecule has 0 heterocycles. The van der Waals surface area contributed by atoms with Crippen LogP contribution in [-0.4, -0.2) is 47.4 Å². The van der Waals surface area contributed by atoms with Crippen LogP contribution in [-0.2, 0) is 14.3 Å². The van der Waals surface area contributed by atoms with Gasteiger partial charge in [0.05, 0.1) is 25.4 Å². The fourth-order valence-electron chi connectivity index (χ4n) is 6.56. The molecule has 0 aromatic rings. The lowest BCUT2D eigenvalue weighted by atomic mass is 10.1. The van der Waals surface area contributed by atoms with Crippen molar-refractivity contribution in [1.29, 1.82) is 0 Å². The Hall–Kier alpha value is -1.92. The van der Waals surface area contributed by atoms with Gasteiger partial charge in [-0.3, -0.25) is 9.59 Å². The van der Waals surface area contributed by atoms with Gasteiger partial charge in [0.1, 0.15) is 0 Å². The van der Waals surface area contributed by atoms with Gasteiger partial charge in [-0.1, -0.05) is 166 Å². The lowest BCUT2D eigenvalue weighted by Crippen LogP contribution is -2.45. The van der Waals surface area contributed by atoms with Crippen molar-refractivity contribution in [3.8, 4) is 0 Å². The minimum absolute atomic E-state index is 0.0429. The highest BCUT2D eigenvalue weighted by Gasteiger charge is 2.18. The molecule has 6 heteroatoms. The van der Waals surface area contributed by atoms with E-state index in [0.29, 0.717) is 19.4 Å². The van der Waals surface area contributed by atoms with E-state index in [2.05, 4.69) is 43.5 Å². The third kappa shape index (κ3) is 39.6. The molecule has 0 aromatic heterocycles. The second-order valence-corrected chi connectivity index (χ2v) is 15.4. The highest BCUT2D eigenvalue weighted by molar-refractivity contribution is 5.76. The number of hydrogen-bond acceptors (Lipinski definition) is 5. The van der Waals surface area contributed by atoms with Gasteiger partial charge in [0.2, 0.25) is 5.91 Å². The van der Waals surface area contributed by atoms with Crippen LogP contribution in [0.5, 0.6) is 0 Å². The van der Waals surface area contributed by atoms with Gasteiger partial charge < -0.3 is 20.3 Å². The van der Waals surface area contributed by atoms with Crippen molar-refractivity contribution in [2.24, 2.45) is 0 Å². The lowest BCUT2D eigenvalue weighted by Gasteiger charge is -2.20. The lowest BCUT2D eigenvalue weighted by molar-refractivity contribution is -0.143. The Bertz CT molecular complexity index is 869. The van der Waals surface area contributed by atoms with E-state index in [1.54, 1.807) is 6.08 Å². The van der Waals surface area contributed by atoms with Crippen LogP contribution in [0, 0.1) is 0 Å². The maximum absolute atomic E-state index is 12.4. The van der Waals surface area contributed by atoms with E-state index in [-0.39, 0.29) is 18.5 Å². The van der Waals surface area contributed by atoms with Gasteiger partial charge in [-0.15, -0.1) is 0 Å². The second-order valence-electron chi connectivity index (χ2n) is 15.4. The maximum atomic E-state index is 12.4. The van der Waals surface area contributed by atoms with Crippen LogP contribution in [0.4, 0.5) is 0 Å². The molecule has 0 aliphatic carbocycles. The van der Waals surface area contributed by atoms with Crippen molar-refractivity contribution < 1.29 is 24.5 Å². The number of ether oxygens (including phenoxy) is 1. The molecule has 0 saturated carbocycles. The molecule has 310 valence electrons. The van der Waals surface area contributed by atoms with Crippen LogP contribution in [0.3, 0.4) is 0 Å². The summed E-state index contributed by atoms with van der Waals surface area (Å²) in [4.78, 5) is 24.3. The first-order valence-electron chi connectivity index (χ1n) is 22.8. The molecule has 0 bridgehead atoms. The maximum Gasteiger partial charge on any atom is 0.305 e. The Labute approximate surface area is 328 Å². The van der Waals surface area contributed by atoms with Crippen molar-refractivity contribution in [2.45, 2.75) is 238 Å². The van der Waals surface area contributed by atoms with Crippen LogP contribution in [0.25, 0.3) is 0 Å². The number of esters is 1. The third-order valence-corrected chi connectivity index (χ3v) is 10.1. The molecule has 0 aliphatic rings. The van der Waals surface area contributed by atoms with Gasteiger partial charge in [0.25, 0.3) is 0 Å². The van der Waals surface area contributed by atoms with Crippen molar-refractivity contribution in [1.82, 2.24) is 5.32 Å². The zero-order valence-corrected chi connectivity index (χ0v) is 35.0. The van der Waals surface area contributed by atoms with E-state index in [1.807, 2.05) is 6.08 Å². The number of allylic oxidation sites excluding steroid dienone is 5. The van der Waals surface area contributed by atoms with Gasteiger partial charge in [0.15, 0.2) is 0 Å². The first-order chi connectivity index (χ1) is 26.0. The van der Waals surface area contributed by atoms with E-state index in [4.69, 9.17) is 4.74 Å². The first kappa shape index (κ1) is 51.1. The second kappa shape index (κ2) is 42.8. The number of aliphatic hydroxyl groups is 2. The highest BCUT2D eigenvalue weighted by Crippen LogP contribution is 2.13. The minimum Gasteiger partial charge on any atom is -0.466 e. The number of amides is 1. The van der Waals surface area contributed by atoms with Gasteiger partial charge >= 0.3 is 5.97 Å². The zero-order valence-electron chi connectivity index (χ0n) is 35.0. The number of carbonyl (C=O) groups is 2.